The van der Waals surface area contributed by atoms with Gasteiger partial charge in [0.2, 0.25) is 0 Å². The maximum atomic E-state index is 6.77. The summed E-state index contributed by atoms with van der Waals surface area (Å²) >= 11 is 0. The molecule has 11 aromatic rings. The number of para-hydroxylation sites is 3. The molecule has 272 valence electrons. The third-order valence-electron chi connectivity index (χ3n) is 11.7. The summed E-state index contributed by atoms with van der Waals surface area (Å²) in [7, 11) is 0. The Kier molecular flexibility index (Phi) is 7.35. The number of benzene rings is 7. The number of ether oxygens (including phenoxy) is 1. The zero-order valence-corrected chi connectivity index (χ0v) is 32.2. The van der Waals surface area contributed by atoms with Crippen LogP contribution in [0.5, 0.6) is 11.5 Å². The SMILES string of the molecule is Cc1cccc(C)c1-c1ccc2c3ccc(Oc4ccc5c6ccccc6n(-c6ccccn6)c5c4)cc3c3nc4ccccc4n3c2c1-c1c(C)cccc1C. The van der Waals surface area contributed by atoms with Crippen molar-refractivity contribution in [2.75, 3.05) is 0 Å². The summed E-state index contributed by atoms with van der Waals surface area (Å²) < 4.78 is 11.4. The van der Waals surface area contributed by atoms with Gasteiger partial charge in [-0.3, -0.25) is 8.97 Å². The summed E-state index contributed by atoms with van der Waals surface area (Å²) in [6, 6.07) is 53.7. The number of nitrogens with zero attached hydrogens (tertiary/aromatic N) is 4. The zero-order valence-electron chi connectivity index (χ0n) is 32.2. The van der Waals surface area contributed by atoms with E-state index in [0.717, 1.165) is 66.7 Å². The number of aromatic nitrogens is 4. The molecule has 0 radical (unpaired) electrons. The molecule has 7 aromatic carbocycles. The number of fused-ring (bicyclic) bond motifs is 11. The van der Waals surface area contributed by atoms with E-state index in [0.29, 0.717) is 0 Å². The Balaban J connectivity index is 1.18. The van der Waals surface area contributed by atoms with Crippen molar-refractivity contribution < 1.29 is 4.74 Å². The van der Waals surface area contributed by atoms with Crippen LogP contribution in [0.1, 0.15) is 22.3 Å². The Morgan fingerprint density at radius 2 is 1.09 bits per heavy atom. The van der Waals surface area contributed by atoms with Gasteiger partial charge in [-0.25, -0.2) is 9.97 Å². The minimum Gasteiger partial charge on any atom is -0.457 e. The van der Waals surface area contributed by atoms with E-state index in [1.54, 1.807) is 0 Å². The molecule has 11 rings (SSSR count). The Labute approximate surface area is 330 Å². The van der Waals surface area contributed by atoms with E-state index in [9.17, 15) is 0 Å². The van der Waals surface area contributed by atoms with Crippen LogP contribution in [0.25, 0.3) is 88.2 Å². The van der Waals surface area contributed by atoms with Gasteiger partial charge in [0.25, 0.3) is 0 Å². The van der Waals surface area contributed by atoms with Crippen LogP contribution in [0.4, 0.5) is 0 Å². The maximum Gasteiger partial charge on any atom is 0.146 e. The largest absolute Gasteiger partial charge is 0.457 e. The molecule has 5 nitrogen and oxygen atoms in total. The summed E-state index contributed by atoms with van der Waals surface area (Å²) in [5.41, 5.74) is 16.2. The lowest BCUT2D eigenvalue weighted by atomic mass is 9.84. The number of hydrogen-bond donors (Lipinski definition) is 0. The summed E-state index contributed by atoms with van der Waals surface area (Å²) in [6.07, 6.45) is 1.84. The van der Waals surface area contributed by atoms with E-state index in [4.69, 9.17) is 14.7 Å². The highest BCUT2D eigenvalue weighted by atomic mass is 16.5. The highest BCUT2D eigenvalue weighted by Crippen LogP contribution is 2.46. The molecule has 0 aliphatic rings. The molecule has 0 spiro atoms. The van der Waals surface area contributed by atoms with Crippen LogP contribution in [0.15, 0.2) is 158 Å². The van der Waals surface area contributed by atoms with Crippen molar-refractivity contribution in [1.82, 2.24) is 18.9 Å². The van der Waals surface area contributed by atoms with Crippen molar-refractivity contribution in [3.05, 3.63) is 180 Å². The van der Waals surface area contributed by atoms with Gasteiger partial charge in [-0.1, -0.05) is 84.9 Å². The molecule has 4 heterocycles. The van der Waals surface area contributed by atoms with Gasteiger partial charge in [-0.05, 0) is 133 Å². The van der Waals surface area contributed by atoms with Crippen LogP contribution in [-0.2, 0) is 0 Å². The molecular weight excluding hydrogens is 697 g/mol. The molecule has 0 bridgehead atoms. The molecule has 0 N–H and O–H groups in total. The average Bonchev–Trinajstić information content (AvgIpc) is 3.78. The lowest BCUT2D eigenvalue weighted by Crippen LogP contribution is -2.00. The Morgan fingerprint density at radius 3 is 1.84 bits per heavy atom. The standard InChI is InChI=1S/C52H38N4O/c1-31-13-11-14-32(2)48(31)41-27-26-40-37-24-22-35(57-36-23-25-39-38-17-5-7-19-44(38)55(46(39)30-36)47-21-9-10-28-53-47)29-42(37)52-54-43-18-6-8-20-45(43)56(52)51(40)50(41)49-33(3)15-12-16-34(49)4/h5-30H,1-4H3. The third-order valence-corrected chi connectivity index (χ3v) is 11.7. The monoisotopic (exact) mass is 734 g/mol. The van der Waals surface area contributed by atoms with Gasteiger partial charge >= 0.3 is 0 Å². The second kappa shape index (κ2) is 12.7. The van der Waals surface area contributed by atoms with Crippen molar-refractivity contribution >= 4 is 60.2 Å². The van der Waals surface area contributed by atoms with E-state index in [2.05, 4.69) is 170 Å². The number of imidazole rings is 1. The number of pyridine rings is 2. The van der Waals surface area contributed by atoms with E-state index < -0.39 is 0 Å². The second-order valence-electron chi connectivity index (χ2n) is 15.2. The van der Waals surface area contributed by atoms with E-state index in [1.807, 2.05) is 24.4 Å². The predicted octanol–water partition coefficient (Wildman–Crippen LogP) is 13.6. The zero-order chi connectivity index (χ0) is 38.4. The van der Waals surface area contributed by atoms with Crippen LogP contribution >= 0.6 is 0 Å². The van der Waals surface area contributed by atoms with Crippen molar-refractivity contribution in [2.45, 2.75) is 27.7 Å². The first-order chi connectivity index (χ1) is 27.9. The molecule has 0 atom stereocenters. The molecule has 0 aliphatic heterocycles. The summed E-state index contributed by atoms with van der Waals surface area (Å²) in [5.74, 6) is 2.37. The summed E-state index contributed by atoms with van der Waals surface area (Å²) in [4.78, 5) is 10.1. The number of aryl methyl sites for hydroxylation is 4. The molecule has 4 aromatic heterocycles. The second-order valence-corrected chi connectivity index (χ2v) is 15.2. The first-order valence-electron chi connectivity index (χ1n) is 19.5. The van der Waals surface area contributed by atoms with Gasteiger partial charge in [0.15, 0.2) is 0 Å². The summed E-state index contributed by atoms with van der Waals surface area (Å²) in [5, 5.41) is 5.66. The van der Waals surface area contributed by atoms with E-state index >= 15 is 0 Å². The Bertz CT molecular complexity index is 3390. The number of rotatable bonds is 5. The van der Waals surface area contributed by atoms with Crippen LogP contribution in [0, 0.1) is 27.7 Å². The lowest BCUT2D eigenvalue weighted by molar-refractivity contribution is 0.484. The smallest absolute Gasteiger partial charge is 0.146 e. The van der Waals surface area contributed by atoms with Gasteiger partial charge in [-0.2, -0.15) is 0 Å². The first kappa shape index (κ1) is 33.1. The van der Waals surface area contributed by atoms with Crippen LogP contribution in [0.2, 0.25) is 0 Å². The van der Waals surface area contributed by atoms with Crippen LogP contribution in [-0.4, -0.2) is 18.9 Å². The maximum absolute atomic E-state index is 6.77. The Morgan fingerprint density at radius 1 is 0.456 bits per heavy atom. The van der Waals surface area contributed by atoms with Crippen molar-refractivity contribution in [2.24, 2.45) is 0 Å². The fourth-order valence-corrected chi connectivity index (χ4v) is 9.27. The van der Waals surface area contributed by atoms with E-state index in [-0.39, 0.29) is 0 Å². The molecule has 0 unspecified atom stereocenters. The molecule has 57 heavy (non-hydrogen) atoms. The quantitative estimate of drug-likeness (QED) is 0.165. The highest BCUT2D eigenvalue weighted by Gasteiger charge is 2.24. The molecule has 0 aliphatic carbocycles. The molecule has 0 fully saturated rings. The van der Waals surface area contributed by atoms with Gasteiger partial charge in [-0.15, -0.1) is 0 Å². The molecule has 0 saturated carbocycles. The van der Waals surface area contributed by atoms with E-state index in [1.165, 1.54) is 55.3 Å². The highest BCUT2D eigenvalue weighted by molar-refractivity contribution is 6.19. The van der Waals surface area contributed by atoms with Crippen LogP contribution in [0.3, 0.4) is 0 Å². The minimum atomic E-state index is 0.748. The molecule has 0 amide bonds. The molecule has 5 heteroatoms. The first-order valence-corrected chi connectivity index (χ1v) is 19.5. The average molecular weight is 735 g/mol. The predicted molar refractivity (Wildman–Crippen MR) is 236 cm³/mol. The van der Waals surface area contributed by atoms with Crippen molar-refractivity contribution in [3.63, 3.8) is 0 Å². The minimum absolute atomic E-state index is 0.748. The summed E-state index contributed by atoms with van der Waals surface area (Å²) in [6.45, 7) is 8.91. The van der Waals surface area contributed by atoms with Gasteiger partial charge in [0.05, 0.1) is 27.6 Å². The van der Waals surface area contributed by atoms with Crippen molar-refractivity contribution in [1.29, 1.82) is 0 Å². The fourth-order valence-electron chi connectivity index (χ4n) is 9.27. The van der Waals surface area contributed by atoms with Crippen molar-refractivity contribution in [3.8, 4) is 39.6 Å². The van der Waals surface area contributed by atoms with Gasteiger partial charge in [0, 0.05) is 39.4 Å². The topological polar surface area (TPSA) is 44.3 Å². The van der Waals surface area contributed by atoms with Gasteiger partial charge < -0.3 is 4.74 Å². The Hall–Kier alpha value is -7.24. The number of hydrogen-bond acceptors (Lipinski definition) is 3. The lowest BCUT2D eigenvalue weighted by Gasteiger charge is -2.22. The van der Waals surface area contributed by atoms with Gasteiger partial charge in [0.1, 0.15) is 23.0 Å². The third kappa shape index (κ3) is 5.02. The normalized spacial score (nSPS) is 11.9. The molecule has 0 saturated heterocycles. The van der Waals surface area contributed by atoms with Crippen LogP contribution < -0.4 is 4.74 Å². The molecular formula is C52H38N4O. The fraction of sp³-hybridized carbons (Fsp3) is 0.0769.